The van der Waals surface area contributed by atoms with Crippen LogP contribution in [0.4, 0.5) is 0 Å². The summed E-state index contributed by atoms with van der Waals surface area (Å²) in [5, 5.41) is 5.30. The lowest BCUT2D eigenvalue weighted by molar-refractivity contribution is -0.198. The van der Waals surface area contributed by atoms with Crippen LogP contribution in [0.25, 0.3) is 21.5 Å². The van der Waals surface area contributed by atoms with Crippen LogP contribution in [0, 0.1) is 0 Å². The van der Waals surface area contributed by atoms with Crippen molar-refractivity contribution in [3.63, 3.8) is 0 Å². The summed E-state index contributed by atoms with van der Waals surface area (Å²) in [6.45, 7) is 0. The fourth-order valence-corrected chi connectivity index (χ4v) is 2.17. The number of rotatable bonds is 0. The zero-order valence-corrected chi connectivity index (χ0v) is 10.9. The van der Waals surface area contributed by atoms with E-state index < -0.39 is 0 Å². The molecule has 0 radical (unpaired) electrons. The second kappa shape index (κ2) is 5.93. The second-order valence-electron chi connectivity index (χ2n) is 4.36. The molecule has 1 aliphatic rings. The van der Waals surface area contributed by atoms with Gasteiger partial charge in [-0.25, -0.2) is 0 Å². The Morgan fingerprint density at radius 3 is 1.35 bits per heavy atom. The summed E-state index contributed by atoms with van der Waals surface area (Å²) in [7, 11) is 0. The van der Waals surface area contributed by atoms with Crippen LogP contribution >= 0.6 is 0 Å². The third kappa shape index (κ3) is 2.64. The Labute approximate surface area is 117 Å². The van der Waals surface area contributed by atoms with E-state index in [1.54, 1.807) is 12.2 Å². The van der Waals surface area contributed by atoms with E-state index in [0.29, 0.717) is 0 Å². The molecule has 3 aromatic carbocycles. The maximum absolute atomic E-state index is 4.30. The lowest BCUT2D eigenvalue weighted by Crippen LogP contribution is -1.78. The Morgan fingerprint density at radius 2 is 0.950 bits per heavy atom. The minimum atomic E-state index is 1.31. The van der Waals surface area contributed by atoms with E-state index in [1.165, 1.54) is 34.1 Å². The van der Waals surface area contributed by atoms with Gasteiger partial charge in [-0.1, -0.05) is 60.7 Å². The fraction of sp³-hybridized carbons (Fsp3) is 0. The summed E-state index contributed by atoms with van der Waals surface area (Å²) < 4.78 is 0. The van der Waals surface area contributed by atoms with Crippen LogP contribution in [-0.4, -0.2) is 0 Å². The first-order valence-corrected chi connectivity index (χ1v) is 6.45. The van der Waals surface area contributed by atoms with Crippen molar-refractivity contribution in [2.75, 3.05) is 0 Å². The Balaban J connectivity index is 0.000000170. The zero-order valence-electron chi connectivity index (χ0n) is 10.9. The van der Waals surface area contributed by atoms with E-state index in [0.717, 1.165) is 0 Å². The Morgan fingerprint density at radius 1 is 0.500 bits per heavy atom. The molecule has 0 saturated carbocycles. The van der Waals surface area contributed by atoms with Crippen molar-refractivity contribution in [3.05, 3.63) is 85.3 Å². The van der Waals surface area contributed by atoms with Crippen LogP contribution in [0.5, 0.6) is 0 Å². The normalized spacial score (nSPS) is 12.4. The largest absolute Gasteiger partial charge is 0.299 e. The van der Waals surface area contributed by atoms with Crippen LogP contribution < -0.4 is 0 Å². The summed E-state index contributed by atoms with van der Waals surface area (Å²) in [5.74, 6) is 0. The highest BCUT2D eigenvalue weighted by Crippen LogP contribution is 2.24. The molecule has 0 amide bonds. The van der Waals surface area contributed by atoms with Crippen molar-refractivity contribution in [1.82, 2.24) is 0 Å². The second-order valence-corrected chi connectivity index (χ2v) is 4.36. The van der Waals surface area contributed by atoms with Crippen LogP contribution in [0.2, 0.25) is 0 Å². The Bertz CT molecular complexity index is 706. The molecule has 0 aliphatic carbocycles. The molecule has 0 N–H and O–H groups in total. The van der Waals surface area contributed by atoms with E-state index in [-0.39, 0.29) is 0 Å². The minimum Gasteiger partial charge on any atom is -0.299 e. The topological polar surface area (TPSA) is 18.5 Å². The first-order chi connectivity index (χ1) is 9.95. The van der Waals surface area contributed by atoms with Crippen LogP contribution in [-0.2, 0) is 9.78 Å². The Kier molecular flexibility index (Phi) is 3.65. The SMILES string of the molecule is C1=COOC=C1.c1ccc2c(c1)ccc1ccccc12. The average molecular weight is 262 g/mol. The molecule has 2 heteroatoms. The first kappa shape index (κ1) is 12.3. The molecule has 0 aromatic heterocycles. The molecular formula is C18H14O2. The van der Waals surface area contributed by atoms with Crippen molar-refractivity contribution in [1.29, 1.82) is 0 Å². The predicted octanol–water partition coefficient (Wildman–Crippen LogP) is 4.97. The van der Waals surface area contributed by atoms with Gasteiger partial charge in [-0.15, -0.1) is 0 Å². The summed E-state index contributed by atoms with van der Waals surface area (Å²) >= 11 is 0. The number of allylic oxidation sites excluding steroid dienone is 2. The monoisotopic (exact) mass is 262 g/mol. The third-order valence-corrected chi connectivity index (χ3v) is 3.09. The molecule has 1 aliphatic heterocycles. The molecule has 0 unspecified atom stereocenters. The first-order valence-electron chi connectivity index (χ1n) is 6.45. The van der Waals surface area contributed by atoms with Crippen molar-refractivity contribution in [2.45, 2.75) is 0 Å². The smallest absolute Gasteiger partial charge is 0.142 e. The highest BCUT2D eigenvalue weighted by molar-refractivity contribution is 6.07. The fourth-order valence-electron chi connectivity index (χ4n) is 2.17. The van der Waals surface area contributed by atoms with Gasteiger partial charge in [-0.3, -0.25) is 9.78 Å². The van der Waals surface area contributed by atoms with Gasteiger partial charge in [-0.2, -0.15) is 0 Å². The molecule has 0 spiro atoms. The van der Waals surface area contributed by atoms with Crippen molar-refractivity contribution < 1.29 is 9.78 Å². The van der Waals surface area contributed by atoms with E-state index in [2.05, 4.69) is 70.4 Å². The predicted molar refractivity (Wildman–Crippen MR) is 81.9 cm³/mol. The molecule has 1 heterocycles. The van der Waals surface area contributed by atoms with Gasteiger partial charge in [0.1, 0.15) is 12.5 Å². The lowest BCUT2D eigenvalue weighted by Gasteiger charge is -2.02. The van der Waals surface area contributed by atoms with Crippen molar-refractivity contribution >= 4 is 21.5 Å². The van der Waals surface area contributed by atoms with E-state index in [4.69, 9.17) is 0 Å². The molecule has 0 saturated heterocycles. The summed E-state index contributed by atoms with van der Waals surface area (Å²) in [5.41, 5.74) is 0. The number of benzene rings is 3. The van der Waals surface area contributed by atoms with Gasteiger partial charge in [0.05, 0.1) is 0 Å². The quantitative estimate of drug-likeness (QED) is 0.420. The standard InChI is InChI=1S/C14H10.C4H4O2/c1-3-7-13-11(5-1)9-10-12-6-2-4-8-14(12)13;1-2-4-6-5-3-1/h1-10H;1-4H. The van der Waals surface area contributed by atoms with Gasteiger partial charge < -0.3 is 0 Å². The molecule has 20 heavy (non-hydrogen) atoms. The van der Waals surface area contributed by atoms with Crippen molar-refractivity contribution in [2.24, 2.45) is 0 Å². The van der Waals surface area contributed by atoms with Crippen LogP contribution in [0.15, 0.2) is 85.3 Å². The summed E-state index contributed by atoms with van der Waals surface area (Å²) in [4.78, 5) is 8.60. The summed E-state index contributed by atoms with van der Waals surface area (Å²) in [6, 6.07) is 21.4. The van der Waals surface area contributed by atoms with Crippen LogP contribution in [0.3, 0.4) is 0 Å². The van der Waals surface area contributed by atoms with E-state index >= 15 is 0 Å². The van der Waals surface area contributed by atoms with Gasteiger partial charge in [0, 0.05) is 0 Å². The third-order valence-electron chi connectivity index (χ3n) is 3.09. The molecule has 0 atom stereocenters. The maximum Gasteiger partial charge on any atom is 0.142 e. The van der Waals surface area contributed by atoms with Gasteiger partial charge in [-0.05, 0) is 33.7 Å². The highest BCUT2D eigenvalue weighted by atomic mass is 17.2. The van der Waals surface area contributed by atoms with E-state index in [9.17, 15) is 0 Å². The lowest BCUT2D eigenvalue weighted by atomic mass is 10.0. The van der Waals surface area contributed by atoms with Gasteiger partial charge in [0.2, 0.25) is 0 Å². The maximum atomic E-state index is 4.30. The molecule has 0 fully saturated rings. The summed E-state index contributed by atoms with van der Waals surface area (Å²) in [6.07, 6.45) is 6.40. The Hall–Kier alpha value is -2.74. The molecular weight excluding hydrogens is 248 g/mol. The van der Waals surface area contributed by atoms with Gasteiger partial charge in [0.25, 0.3) is 0 Å². The molecule has 0 bridgehead atoms. The minimum absolute atomic E-state index is 1.31. The van der Waals surface area contributed by atoms with Crippen LogP contribution in [0.1, 0.15) is 0 Å². The number of fused-ring (bicyclic) bond motifs is 3. The highest BCUT2D eigenvalue weighted by Gasteiger charge is 1.97. The molecule has 4 rings (SSSR count). The molecule has 3 aromatic rings. The zero-order chi connectivity index (χ0) is 13.6. The van der Waals surface area contributed by atoms with Gasteiger partial charge in [0.15, 0.2) is 0 Å². The number of hydrogen-bond donors (Lipinski definition) is 0. The molecule has 2 nitrogen and oxygen atoms in total. The van der Waals surface area contributed by atoms with E-state index in [1.807, 2.05) is 0 Å². The number of hydrogen-bond acceptors (Lipinski definition) is 2. The molecule has 98 valence electrons. The van der Waals surface area contributed by atoms with Gasteiger partial charge >= 0.3 is 0 Å². The average Bonchev–Trinajstić information content (AvgIpc) is 2.57. The van der Waals surface area contributed by atoms with Crippen molar-refractivity contribution in [3.8, 4) is 0 Å².